The van der Waals surface area contributed by atoms with E-state index in [1.54, 1.807) is 24.3 Å². The van der Waals surface area contributed by atoms with Crippen LogP contribution in [0, 0.1) is 11.3 Å². The minimum Gasteiger partial charge on any atom is -0.329 e. The van der Waals surface area contributed by atoms with Gasteiger partial charge in [-0.15, -0.1) is 0 Å². The molecule has 1 aromatic carbocycles. The number of hydrogen-bond acceptors (Lipinski definition) is 5. The number of hydrogen-bond donors (Lipinski definition) is 2. The molecule has 0 unspecified atom stereocenters. The molecule has 0 aliphatic rings. The molecule has 0 saturated carbocycles. The van der Waals surface area contributed by atoms with Gasteiger partial charge in [0.25, 0.3) is 5.91 Å². The fourth-order valence-electron chi connectivity index (χ4n) is 1.44. The Morgan fingerprint density at radius 1 is 1.27 bits per heavy atom. The number of amides is 1. The number of anilines is 2. The second kappa shape index (κ2) is 7.41. The molecule has 110 valence electrons. The van der Waals surface area contributed by atoms with Gasteiger partial charge in [-0.05, 0) is 24.3 Å². The van der Waals surface area contributed by atoms with Crippen LogP contribution in [0.3, 0.4) is 0 Å². The third-order valence-corrected chi connectivity index (χ3v) is 3.00. The van der Waals surface area contributed by atoms with Crippen molar-refractivity contribution in [1.29, 1.82) is 5.26 Å². The van der Waals surface area contributed by atoms with Crippen LogP contribution in [0.2, 0.25) is 10.0 Å². The number of nitrogens with zero attached hydrogens (tertiary/aromatic N) is 3. The van der Waals surface area contributed by atoms with Crippen molar-refractivity contribution in [1.82, 2.24) is 9.97 Å². The first-order valence-corrected chi connectivity index (χ1v) is 6.76. The highest BCUT2D eigenvalue weighted by atomic mass is 35.5. The average molecular weight is 334 g/mol. The lowest BCUT2D eigenvalue weighted by Crippen LogP contribution is -2.15. The predicted octanol–water partition coefficient (Wildman–Crippen LogP) is 3.24. The molecule has 0 radical (unpaired) electrons. The summed E-state index contributed by atoms with van der Waals surface area (Å²) < 4.78 is 0. The molecule has 0 atom stereocenters. The van der Waals surface area contributed by atoms with E-state index >= 15 is 0 Å². The number of rotatable bonds is 4. The Bertz CT molecular complexity index is 756. The molecule has 2 aromatic rings. The van der Waals surface area contributed by atoms with Crippen molar-refractivity contribution in [3.05, 3.63) is 58.5 Å². The molecule has 0 bridgehead atoms. The van der Waals surface area contributed by atoms with Crippen molar-refractivity contribution < 1.29 is 4.79 Å². The van der Waals surface area contributed by atoms with E-state index in [2.05, 4.69) is 20.6 Å². The minimum atomic E-state index is -0.616. The van der Waals surface area contributed by atoms with Crippen molar-refractivity contribution >= 4 is 40.7 Å². The Morgan fingerprint density at radius 3 is 2.64 bits per heavy atom. The van der Waals surface area contributed by atoms with Gasteiger partial charge in [0.2, 0.25) is 5.95 Å². The van der Waals surface area contributed by atoms with E-state index in [0.29, 0.717) is 10.7 Å². The first kappa shape index (κ1) is 15.8. The third-order valence-electron chi connectivity index (χ3n) is 2.46. The van der Waals surface area contributed by atoms with Gasteiger partial charge in [0.1, 0.15) is 11.6 Å². The second-order valence-electron chi connectivity index (χ2n) is 3.96. The predicted molar refractivity (Wildman–Crippen MR) is 84.4 cm³/mol. The summed E-state index contributed by atoms with van der Waals surface area (Å²) >= 11 is 11.7. The number of aromatic nitrogens is 2. The first-order valence-electron chi connectivity index (χ1n) is 6.00. The molecule has 8 heteroatoms. The molecule has 22 heavy (non-hydrogen) atoms. The maximum absolute atomic E-state index is 12.0. The standard InChI is InChI=1S/C14H9Cl2N5O/c15-10-2-3-12(11(16)6-10)21-13(22)9(7-17)8-20-14-18-4-1-5-19-14/h1-6,8H,(H,21,22)(H,18,19,20)/b9-8+. The first-order chi connectivity index (χ1) is 10.6. The number of nitrogens with one attached hydrogen (secondary N) is 2. The topological polar surface area (TPSA) is 90.7 Å². The lowest BCUT2D eigenvalue weighted by atomic mass is 10.2. The summed E-state index contributed by atoms with van der Waals surface area (Å²) in [6, 6.07) is 8.05. The van der Waals surface area contributed by atoms with E-state index in [9.17, 15) is 4.79 Å². The summed E-state index contributed by atoms with van der Waals surface area (Å²) in [5.41, 5.74) is 0.201. The Labute approximate surface area is 136 Å². The van der Waals surface area contributed by atoms with E-state index in [0.717, 1.165) is 0 Å². The molecule has 0 aliphatic carbocycles. The molecule has 1 aromatic heterocycles. The lowest BCUT2D eigenvalue weighted by molar-refractivity contribution is -0.112. The van der Waals surface area contributed by atoms with Crippen LogP contribution in [0.25, 0.3) is 0 Å². The van der Waals surface area contributed by atoms with Crippen LogP contribution >= 0.6 is 23.2 Å². The van der Waals surface area contributed by atoms with Gasteiger partial charge in [-0.25, -0.2) is 9.97 Å². The van der Waals surface area contributed by atoms with Crippen LogP contribution in [-0.4, -0.2) is 15.9 Å². The Hall–Kier alpha value is -2.62. The summed E-state index contributed by atoms with van der Waals surface area (Å²) in [6.45, 7) is 0. The Kier molecular flexibility index (Phi) is 5.31. The quantitative estimate of drug-likeness (QED) is 0.662. The van der Waals surface area contributed by atoms with E-state index in [1.165, 1.54) is 24.7 Å². The highest BCUT2D eigenvalue weighted by Crippen LogP contribution is 2.25. The molecule has 0 spiro atoms. The molecule has 0 aliphatic heterocycles. The van der Waals surface area contributed by atoms with Gasteiger partial charge >= 0.3 is 0 Å². The second-order valence-corrected chi connectivity index (χ2v) is 4.81. The monoisotopic (exact) mass is 333 g/mol. The number of halogens is 2. The van der Waals surface area contributed by atoms with Crippen LogP contribution in [0.4, 0.5) is 11.6 Å². The fourth-order valence-corrected chi connectivity index (χ4v) is 1.90. The van der Waals surface area contributed by atoms with Crippen LogP contribution < -0.4 is 10.6 Å². The summed E-state index contributed by atoms with van der Waals surface area (Å²) in [5, 5.41) is 15.0. The molecule has 1 amide bonds. The smallest absolute Gasteiger partial charge is 0.267 e. The lowest BCUT2D eigenvalue weighted by Gasteiger charge is -2.07. The van der Waals surface area contributed by atoms with Gasteiger partial charge in [-0.3, -0.25) is 4.79 Å². The summed E-state index contributed by atoms with van der Waals surface area (Å²) in [4.78, 5) is 19.8. The summed E-state index contributed by atoms with van der Waals surface area (Å²) in [5.74, 6) is -0.345. The zero-order valence-corrected chi connectivity index (χ0v) is 12.6. The zero-order chi connectivity index (χ0) is 15.9. The Balaban J connectivity index is 2.10. The minimum absolute atomic E-state index is 0.154. The van der Waals surface area contributed by atoms with Crippen molar-refractivity contribution in [2.75, 3.05) is 10.6 Å². The molecule has 2 N–H and O–H groups in total. The van der Waals surface area contributed by atoms with E-state index in [4.69, 9.17) is 28.5 Å². The Morgan fingerprint density at radius 2 is 2.00 bits per heavy atom. The molecule has 2 rings (SSSR count). The van der Waals surface area contributed by atoms with E-state index in [1.807, 2.05) is 0 Å². The van der Waals surface area contributed by atoms with Gasteiger partial charge in [-0.2, -0.15) is 5.26 Å². The largest absolute Gasteiger partial charge is 0.329 e. The summed E-state index contributed by atoms with van der Waals surface area (Å²) in [6.07, 6.45) is 4.28. The van der Waals surface area contributed by atoms with Crippen LogP contribution in [-0.2, 0) is 4.79 Å². The van der Waals surface area contributed by atoms with E-state index < -0.39 is 5.91 Å². The molecular weight excluding hydrogens is 325 g/mol. The molecule has 1 heterocycles. The maximum atomic E-state index is 12.0. The van der Waals surface area contributed by atoms with Gasteiger partial charge in [0.05, 0.1) is 10.7 Å². The number of benzene rings is 1. The van der Waals surface area contributed by atoms with E-state index in [-0.39, 0.29) is 16.5 Å². The average Bonchev–Trinajstić information content (AvgIpc) is 2.52. The van der Waals surface area contributed by atoms with Gasteiger partial charge in [0.15, 0.2) is 0 Å². The normalized spacial score (nSPS) is 10.7. The highest BCUT2D eigenvalue weighted by molar-refractivity contribution is 6.36. The van der Waals surface area contributed by atoms with Crippen molar-refractivity contribution in [3.63, 3.8) is 0 Å². The molecule has 0 fully saturated rings. The molecule has 0 saturated heterocycles. The van der Waals surface area contributed by atoms with Gasteiger partial charge in [-0.1, -0.05) is 23.2 Å². The van der Waals surface area contributed by atoms with Crippen LogP contribution in [0.5, 0.6) is 0 Å². The molecular formula is C14H9Cl2N5O. The van der Waals surface area contributed by atoms with Crippen molar-refractivity contribution in [2.24, 2.45) is 0 Å². The van der Waals surface area contributed by atoms with Crippen LogP contribution in [0.15, 0.2) is 48.4 Å². The van der Waals surface area contributed by atoms with Crippen molar-refractivity contribution in [2.45, 2.75) is 0 Å². The third kappa shape index (κ3) is 4.19. The van der Waals surface area contributed by atoms with Gasteiger partial charge < -0.3 is 10.6 Å². The van der Waals surface area contributed by atoms with Crippen LogP contribution in [0.1, 0.15) is 0 Å². The van der Waals surface area contributed by atoms with Crippen molar-refractivity contribution in [3.8, 4) is 6.07 Å². The van der Waals surface area contributed by atoms with Gasteiger partial charge in [0, 0.05) is 23.6 Å². The number of carbonyl (C=O) groups excluding carboxylic acids is 1. The maximum Gasteiger partial charge on any atom is 0.267 e. The fraction of sp³-hybridized carbons (Fsp3) is 0. The zero-order valence-electron chi connectivity index (χ0n) is 11.0. The SMILES string of the molecule is N#C/C(=C\Nc1ncccn1)C(=O)Nc1ccc(Cl)cc1Cl. The number of nitriles is 1. The molecule has 6 nitrogen and oxygen atoms in total. The summed E-state index contributed by atoms with van der Waals surface area (Å²) in [7, 11) is 0. The highest BCUT2D eigenvalue weighted by Gasteiger charge is 2.11. The number of carbonyl (C=O) groups is 1.